The predicted molar refractivity (Wildman–Crippen MR) is 135 cm³/mol. The molecule has 1 aromatic heterocycles. The molecule has 188 valence electrons. The van der Waals surface area contributed by atoms with Gasteiger partial charge in [-0.05, 0) is 63.3 Å². The van der Waals surface area contributed by atoms with Crippen LogP contribution in [-0.4, -0.2) is 75.9 Å². The molecule has 0 atom stereocenters. The van der Waals surface area contributed by atoms with Gasteiger partial charge in [0, 0.05) is 32.1 Å². The summed E-state index contributed by atoms with van der Waals surface area (Å²) in [5, 5.41) is 0.463. The highest BCUT2D eigenvalue weighted by Gasteiger charge is 2.35. The van der Waals surface area contributed by atoms with Gasteiger partial charge < -0.3 is 9.64 Å². The molecule has 1 amide bonds. The van der Waals surface area contributed by atoms with Crippen LogP contribution in [0, 0.1) is 11.7 Å². The zero-order valence-corrected chi connectivity index (χ0v) is 21.6. The molecule has 0 unspecified atom stereocenters. The van der Waals surface area contributed by atoms with Crippen LogP contribution in [0.25, 0.3) is 10.2 Å². The van der Waals surface area contributed by atoms with E-state index in [4.69, 9.17) is 4.74 Å². The van der Waals surface area contributed by atoms with Crippen molar-refractivity contribution in [3.05, 3.63) is 48.3 Å². The van der Waals surface area contributed by atoms with Crippen LogP contribution in [0.3, 0.4) is 0 Å². The summed E-state index contributed by atoms with van der Waals surface area (Å²) < 4.78 is 47.6. The molecule has 1 aliphatic rings. The Morgan fingerprint density at radius 2 is 1.83 bits per heavy atom. The maximum atomic E-state index is 14.2. The molecule has 35 heavy (non-hydrogen) atoms. The molecule has 8 nitrogen and oxygen atoms in total. The highest BCUT2D eigenvalue weighted by atomic mass is 32.2. The zero-order valence-electron chi connectivity index (χ0n) is 20.0. The van der Waals surface area contributed by atoms with E-state index in [0.717, 1.165) is 0 Å². The number of piperidine rings is 1. The summed E-state index contributed by atoms with van der Waals surface area (Å²) in [7, 11) is 1.71. The van der Waals surface area contributed by atoms with E-state index in [0.29, 0.717) is 41.5 Å². The van der Waals surface area contributed by atoms with Crippen molar-refractivity contribution in [2.24, 2.45) is 5.92 Å². The molecular formula is C24H29FN4O4S2. The average Bonchev–Trinajstić information content (AvgIpc) is 3.29. The fourth-order valence-electron chi connectivity index (χ4n) is 4.08. The van der Waals surface area contributed by atoms with Crippen molar-refractivity contribution in [3.63, 3.8) is 0 Å². The monoisotopic (exact) mass is 520 g/mol. The highest BCUT2D eigenvalue weighted by molar-refractivity contribution is 7.89. The molecule has 0 radical (unpaired) electrons. The molecule has 4 rings (SSSR count). The zero-order chi connectivity index (χ0) is 25.2. The number of anilines is 1. The summed E-state index contributed by atoms with van der Waals surface area (Å²) in [6.07, 6.45) is 0.817. The standard InChI is InChI=1S/C24H29FN4O4S2/c1-27(2)15-16-29(24-26-22-20(25)5-4-6-21(22)34-24)23(30)17-11-13-28(14-12-17)35(31,32)19-9-7-18(33-3)8-10-19/h4-10,17H,11-16H2,1-3H3. The van der Waals surface area contributed by atoms with Crippen molar-refractivity contribution >= 4 is 42.6 Å². The Morgan fingerprint density at radius 3 is 2.43 bits per heavy atom. The summed E-state index contributed by atoms with van der Waals surface area (Å²) in [5.41, 5.74) is 0.260. The fraction of sp³-hybridized carbons (Fsp3) is 0.417. The van der Waals surface area contributed by atoms with Gasteiger partial charge in [-0.3, -0.25) is 9.69 Å². The first kappa shape index (κ1) is 25.5. The number of benzene rings is 2. The number of amides is 1. The molecule has 1 fully saturated rings. The van der Waals surface area contributed by atoms with E-state index in [9.17, 15) is 17.6 Å². The summed E-state index contributed by atoms with van der Waals surface area (Å²) in [6, 6.07) is 11.1. The number of ether oxygens (including phenoxy) is 1. The lowest BCUT2D eigenvalue weighted by Gasteiger charge is -2.33. The number of para-hydroxylation sites is 1. The smallest absolute Gasteiger partial charge is 0.243 e. The van der Waals surface area contributed by atoms with Crippen LogP contribution in [0.5, 0.6) is 5.75 Å². The number of carbonyl (C=O) groups is 1. The number of methoxy groups -OCH3 is 1. The average molecular weight is 521 g/mol. The number of aromatic nitrogens is 1. The molecule has 0 saturated carbocycles. The predicted octanol–water partition coefficient (Wildman–Crippen LogP) is 3.44. The van der Waals surface area contributed by atoms with Crippen molar-refractivity contribution in [1.82, 2.24) is 14.2 Å². The Morgan fingerprint density at radius 1 is 1.14 bits per heavy atom. The van der Waals surface area contributed by atoms with Crippen LogP contribution in [0.1, 0.15) is 12.8 Å². The van der Waals surface area contributed by atoms with Gasteiger partial charge in [0.25, 0.3) is 0 Å². The first-order valence-electron chi connectivity index (χ1n) is 11.4. The Kier molecular flexibility index (Phi) is 7.70. The van der Waals surface area contributed by atoms with E-state index in [1.807, 2.05) is 19.0 Å². The molecule has 3 aromatic rings. The molecule has 2 aromatic carbocycles. The van der Waals surface area contributed by atoms with Gasteiger partial charge in [0.1, 0.15) is 17.1 Å². The minimum Gasteiger partial charge on any atom is -0.497 e. The molecule has 0 N–H and O–H groups in total. The first-order chi connectivity index (χ1) is 16.7. The molecule has 0 aliphatic carbocycles. The number of carbonyl (C=O) groups excluding carboxylic acids is 1. The second kappa shape index (κ2) is 10.6. The number of fused-ring (bicyclic) bond motifs is 1. The van der Waals surface area contributed by atoms with Crippen LogP contribution < -0.4 is 9.64 Å². The van der Waals surface area contributed by atoms with Gasteiger partial charge >= 0.3 is 0 Å². The van der Waals surface area contributed by atoms with E-state index in [2.05, 4.69) is 4.98 Å². The summed E-state index contributed by atoms with van der Waals surface area (Å²) in [6.45, 7) is 1.54. The number of hydrogen-bond acceptors (Lipinski definition) is 7. The number of rotatable bonds is 8. The van der Waals surface area contributed by atoms with Gasteiger partial charge in [-0.2, -0.15) is 4.31 Å². The second-order valence-electron chi connectivity index (χ2n) is 8.73. The van der Waals surface area contributed by atoms with Crippen LogP contribution in [0.15, 0.2) is 47.4 Å². The van der Waals surface area contributed by atoms with Gasteiger partial charge in [-0.25, -0.2) is 17.8 Å². The van der Waals surface area contributed by atoms with Crippen molar-refractivity contribution in [2.45, 2.75) is 17.7 Å². The SMILES string of the molecule is COc1ccc(S(=O)(=O)N2CCC(C(=O)N(CCN(C)C)c3nc4c(F)cccc4s3)CC2)cc1. The van der Waals surface area contributed by atoms with Crippen molar-refractivity contribution < 1.29 is 22.3 Å². The van der Waals surface area contributed by atoms with E-state index >= 15 is 0 Å². The lowest BCUT2D eigenvalue weighted by Crippen LogP contribution is -2.46. The second-order valence-corrected chi connectivity index (χ2v) is 11.7. The number of likely N-dealkylation sites (N-methyl/N-ethyl adjacent to an activating group) is 1. The Bertz CT molecular complexity index is 1290. The third-order valence-electron chi connectivity index (χ3n) is 6.13. The summed E-state index contributed by atoms with van der Waals surface area (Å²) in [4.78, 5) is 21.8. The Labute approximate surface area is 209 Å². The van der Waals surface area contributed by atoms with E-state index < -0.39 is 15.8 Å². The van der Waals surface area contributed by atoms with E-state index in [1.165, 1.54) is 41.0 Å². The molecule has 2 heterocycles. The highest BCUT2D eigenvalue weighted by Crippen LogP contribution is 2.33. The molecule has 0 spiro atoms. The number of sulfonamides is 1. The van der Waals surface area contributed by atoms with Gasteiger partial charge in [0.15, 0.2) is 5.13 Å². The topological polar surface area (TPSA) is 83.0 Å². The Balaban J connectivity index is 1.50. The summed E-state index contributed by atoms with van der Waals surface area (Å²) >= 11 is 1.29. The van der Waals surface area contributed by atoms with Crippen molar-refractivity contribution in [3.8, 4) is 5.75 Å². The maximum absolute atomic E-state index is 14.2. The first-order valence-corrected chi connectivity index (χ1v) is 13.6. The molecule has 1 aliphatic heterocycles. The number of halogens is 1. The quantitative estimate of drug-likeness (QED) is 0.453. The van der Waals surface area contributed by atoms with Gasteiger partial charge in [-0.15, -0.1) is 0 Å². The summed E-state index contributed by atoms with van der Waals surface area (Å²) in [5.74, 6) is -0.271. The third-order valence-corrected chi connectivity index (χ3v) is 9.08. The van der Waals surface area contributed by atoms with Gasteiger partial charge in [-0.1, -0.05) is 17.4 Å². The van der Waals surface area contributed by atoms with Gasteiger partial charge in [0.05, 0.1) is 16.7 Å². The lowest BCUT2D eigenvalue weighted by atomic mass is 9.96. The van der Waals surface area contributed by atoms with E-state index in [1.54, 1.807) is 29.2 Å². The maximum Gasteiger partial charge on any atom is 0.243 e. The molecular weight excluding hydrogens is 491 g/mol. The minimum atomic E-state index is -3.66. The third kappa shape index (κ3) is 5.48. The van der Waals surface area contributed by atoms with Gasteiger partial charge in [0.2, 0.25) is 15.9 Å². The Hall–Kier alpha value is -2.60. The lowest BCUT2D eigenvalue weighted by molar-refractivity contribution is -0.123. The normalized spacial score (nSPS) is 15.6. The van der Waals surface area contributed by atoms with Crippen LogP contribution in [0.4, 0.5) is 9.52 Å². The van der Waals surface area contributed by atoms with Crippen molar-refractivity contribution in [1.29, 1.82) is 0 Å². The van der Waals surface area contributed by atoms with E-state index in [-0.39, 0.29) is 35.3 Å². The molecule has 0 bridgehead atoms. The van der Waals surface area contributed by atoms with Crippen LogP contribution in [-0.2, 0) is 14.8 Å². The molecule has 11 heteroatoms. The fourth-order valence-corrected chi connectivity index (χ4v) is 6.56. The largest absolute Gasteiger partial charge is 0.497 e. The molecule has 1 saturated heterocycles. The number of thiazole rings is 1. The van der Waals surface area contributed by atoms with Crippen LogP contribution in [0.2, 0.25) is 0 Å². The van der Waals surface area contributed by atoms with Crippen molar-refractivity contribution in [2.75, 3.05) is 52.3 Å². The van der Waals surface area contributed by atoms with Crippen LogP contribution >= 0.6 is 11.3 Å². The number of hydrogen-bond donors (Lipinski definition) is 0. The number of nitrogens with zero attached hydrogens (tertiary/aromatic N) is 4. The minimum absolute atomic E-state index is 0.104.